The minimum Gasteiger partial charge on any atom is -0.497 e. The lowest BCUT2D eigenvalue weighted by molar-refractivity contribution is -0.117. The molecule has 0 aliphatic heterocycles. The zero-order valence-electron chi connectivity index (χ0n) is 13.1. The summed E-state index contributed by atoms with van der Waals surface area (Å²) in [5.41, 5.74) is 0.878. The van der Waals surface area contributed by atoms with E-state index in [0.717, 1.165) is 11.4 Å². The number of ketones is 1. The summed E-state index contributed by atoms with van der Waals surface area (Å²) in [5.74, 6) is -0.469. The number of ether oxygens (including phenoxy) is 1. The molecule has 124 valence electrons. The van der Waals surface area contributed by atoms with Gasteiger partial charge in [-0.1, -0.05) is 29.2 Å². The molecule has 2 N–H and O–H groups in total. The Morgan fingerprint density at radius 2 is 2.33 bits per heavy atom. The van der Waals surface area contributed by atoms with Crippen molar-refractivity contribution in [1.29, 1.82) is 10.7 Å². The van der Waals surface area contributed by atoms with Crippen LogP contribution in [0.3, 0.4) is 0 Å². The van der Waals surface area contributed by atoms with Crippen molar-refractivity contribution >= 4 is 45.4 Å². The van der Waals surface area contributed by atoms with Crippen LogP contribution >= 0.6 is 23.1 Å². The number of hydrogen-bond acceptors (Lipinski definition) is 9. The molecular weight excluding hydrogens is 346 g/mol. The minimum absolute atomic E-state index is 0.0562. The van der Waals surface area contributed by atoms with Gasteiger partial charge in [0.2, 0.25) is 5.13 Å². The normalized spacial score (nSPS) is 11.4. The van der Waals surface area contributed by atoms with E-state index in [-0.39, 0.29) is 17.2 Å². The number of nitriles is 1. The number of hydrogen-bond donors (Lipinski definition) is 2. The fourth-order valence-corrected chi connectivity index (χ4v) is 3.45. The molecule has 1 heterocycles. The van der Waals surface area contributed by atoms with Crippen molar-refractivity contribution in [3.8, 4) is 11.8 Å². The SMILES string of the molecule is COc1cccc(Nc2nnc(SCC(=O)C(C#N)C(C)=N)s2)c1. The molecule has 0 bridgehead atoms. The lowest BCUT2D eigenvalue weighted by Gasteiger charge is -2.04. The molecule has 1 unspecified atom stereocenters. The van der Waals surface area contributed by atoms with Gasteiger partial charge >= 0.3 is 0 Å². The molecule has 0 amide bonds. The predicted molar refractivity (Wildman–Crippen MR) is 94.4 cm³/mol. The Morgan fingerprint density at radius 1 is 1.54 bits per heavy atom. The van der Waals surface area contributed by atoms with Crippen LogP contribution < -0.4 is 10.1 Å². The van der Waals surface area contributed by atoms with Crippen LogP contribution in [0, 0.1) is 22.7 Å². The van der Waals surface area contributed by atoms with Crippen LogP contribution in [0.25, 0.3) is 0 Å². The van der Waals surface area contributed by atoms with E-state index in [1.165, 1.54) is 30.0 Å². The molecule has 0 radical (unpaired) electrons. The molecule has 2 rings (SSSR count). The van der Waals surface area contributed by atoms with Crippen molar-refractivity contribution in [1.82, 2.24) is 10.2 Å². The van der Waals surface area contributed by atoms with E-state index in [2.05, 4.69) is 15.5 Å². The van der Waals surface area contributed by atoms with E-state index >= 15 is 0 Å². The summed E-state index contributed by atoms with van der Waals surface area (Å²) in [6.45, 7) is 1.46. The topological polar surface area (TPSA) is 112 Å². The number of carbonyl (C=O) groups excluding carboxylic acids is 1. The number of thioether (sulfide) groups is 1. The largest absolute Gasteiger partial charge is 0.497 e. The van der Waals surface area contributed by atoms with Gasteiger partial charge in [-0.05, 0) is 19.1 Å². The molecule has 1 atom stereocenters. The van der Waals surface area contributed by atoms with Gasteiger partial charge in [0.25, 0.3) is 0 Å². The smallest absolute Gasteiger partial charge is 0.210 e. The second kappa shape index (κ2) is 8.42. The number of benzene rings is 1. The number of nitrogens with one attached hydrogen (secondary N) is 2. The van der Waals surface area contributed by atoms with Crippen LogP contribution in [0.2, 0.25) is 0 Å². The number of nitrogens with zero attached hydrogens (tertiary/aromatic N) is 3. The first-order chi connectivity index (χ1) is 11.5. The van der Waals surface area contributed by atoms with Crippen LogP contribution in [0.4, 0.5) is 10.8 Å². The van der Waals surface area contributed by atoms with E-state index in [1.54, 1.807) is 7.11 Å². The van der Waals surface area contributed by atoms with Crippen molar-refractivity contribution in [3.63, 3.8) is 0 Å². The van der Waals surface area contributed by atoms with Crippen LogP contribution in [0.5, 0.6) is 5.75 Å². The molecule has 0 spiro atoms. The van der Waals surface area contributed by atoms with Crippen LogP contribution in [0.1, 0.15) is 6.92 Å². The van der Waals surface area contributed by atoms with E-state index in [0.29, 0.717) is 9.47 Å². The molecule has 7 nitrogen and oxygen atoms in total. The Labute approximate surface area is 147 Å². The predicted octanol–water partition coefficient (Wildman–Crippen LogP) is 3.13. The number of aromatic nitrogens is 2. The molecule has 0 saturated carbocycles. The Morgan fingerprint density at radius 3 is 3.00 bits per heavy atom. The fraction of sp³-hybridized carbons (Fsp3) is 0.267. The average Bonchev–Trinajstić information content (AvgIpc) is 3.01. The second-order valence-electron chi connectivity index (χ2n) is 4.73. The maximum Gasteiger partial charge on any atom is 0.210 e. The first-order valence-corrected chi connectivity index (χ1v) is 8.68. The molecule has 0 fully saturated rings. The van der Waals surface area contributed by atoms with Gasteiger partial charge in [0.05, 0.1) is 18.9 Å². The van der Waals surface area contributed by atoms with Gasteiger partial charge in [-0.3, -0.25) is 4.79 Å². The number of anilines is 2. The van der Waals surface area contributed by atoms with Crippen molar-refractivity contribution in [2.75, 3.05) is 18.2 Å². The van der Waals surface area contributed by atoms with E-state index < -0.39 is 5.92 Å². The van der Waals surface area contributed by atoms with Crippen molar-refractivity contribution in [2.24, 2.45) is 5.92 Å². The van der Waals surface area contributed by atoms with Crippen LogP contribution in [-0.4, -0.2) is 34.6 Å². The average molecular weight is 361 g/mol. The molecule has 9 heteroatoms. The van der Waals surface area contributed by atoms with Gasteiger partial charge in [-0.2, -0.15) is 5.26 Å². The zero-order chi connectivity index (χ0) is 17.5. The number of Topliss-reactive ketones (excluding diaryl/α,β-unsaturated/α-hetero) is 1. The van der Waals surface area contributed by atoms with Crippen LogP contribution in [-0.2, 0) is 4.79 Å². The highest BCUT2D eigenvalue weighted by Crippen LogP contribution is 2.29. The van der Waals surface area contributed by atoms with Gasteiger partial charge < -0.3 is 15.5 Å². The lowest BCUT2D eigenvalue weighted by atomic mass is 10.0. The monoisotopic (exact) mass is 361 g/mol. The van der Waals surface area contributed by atoms with E-state index in [4.69, 9.17) is 15.4 Å². The Hall–Kier alpha value is -2.44. The Bertz CT molecular complexity index is 784. The maximum absolute atomic E-state index is 11.9. The third kappa shape index (κ3) is 4.78. The number of rotatable bonds is 8. The lowest BCUT2D eigenvalue weighted by Crippen LogP contribution is -2.21. The number of carbonyl (C=O) groups is 1. The summed E-state index contributed by atoms with van der Waals surface area (Å²) < 4.78 is 5.78. The van der Waals surface area contributed by atoms with Crippen LogP contribution in [0.15, 0.2) is 28.6 Å². The third-order valence-electron chi connectivity index (χ3n) is 2.95. The highest BCUT2D eigenvalue weighted by molar-refractivity contribution is 8.01. The van der Waals surface area contributed by atoms with E-state index in [9.17, 15) is 4.79 Å². The summed E-state index contributed by atoms with van der Waals surface area (Å²) in [6.07, 6.45) is 0. The maximum atomic E-state index is 11.9. The number of methoxy groups -OCH3 is 1. The van der Waals surface area contributed by atoms with Gasteiger partial charge in [-0.25, -0.2) is 0 Å². The summed E-state index contributed by atoms with van der Waals surface area (Å²) in [6, 6.07) is 9.26. The second-order valence-corrected chi connectivity index (χ2v) is 6.93. The molecule has 0 aliphatic carbocycles. The highest BCUT2D eigenvalue weighted by Gasteiger charge is 2.20. The summed E-state index contributed by atoms with van der Waals surface area (Å²) in [4.78, 5) is 11.9. The summed E-state index contributed by atoms with van der Waals surface area (Å²) in [7, 11) is 1.60. The minimum atomic E-state index is -0.986. The van der Waals surface area contributed by atoms with Gasteiger partial charge in [0.1, 0.15) is 11.7 Å². The van der Waals surface area contributed by atoms with Gasteiger partial charge in [-0.15, -0.1) is 10.2 Å². The van der Waals surface area contributed by atoms with Gasteiger partial charge in [0.15, 0.2) is 10.1 Å². The fourth-order valence-electron chi connectivity index (χ4n) is 1.77. The third-order valence-corrected chi connectivity index (χ3v) is 4.94. The summed E-state index contributed by atoms with van der Waals surface area (Å²) >= 11 is 2.52. The molecule has 1 aromatic carbocycles. The molecular formula is C15H15N5O2S2. The summed E-state index contributed by atoms with van der Waals surface area (Å²) in [5, 5.41) is 28.1. The van der Waals surface area contributed by atoms with Gasteiger partial charge in [0, 0.05) is 17.5 Å². The van der Waals surface area contributed by atoms with E-state index in [1.807, 2.05) is 30.3 Å². The van der Waals surface area contributed by atoms with Crippen molar-refractivity contribution in [2.45, 2.75) is 11.3 Å². The Kier molecular flexibility index (Phi) is 6.28. The van der Waals surface area contributed by atoms with Crippen molar-refractivity contribution in [3.05, 3.63) is 24.3 Å². The molecule has 0 saturated heterocycles. The highest BCUT2D eigenvalue weighted by atomic mass is 32.2. The zero-order valence-corrected chi connectivity index (χ0v) is 14.7. The molecule has 2 aromatic rings. The molecule has 0 aliphatic rings. The Balaban J connectivity index is 1.95. The standard InChI is InChI=1S/C15H15N5O2S2/c1-9(17)12(7-16)13(21)8-23-15-20-19-14(24-15)18-10-4-3-5-11(6-10)22-2/h3-6,12,17H,8H2,1-2H3,(H,18,19). The molecule has 24 heavy (non-hydrogen) atoms. The van der Waals surface area contributed by atoms with Crippen molar-refractivity contribution < 1.29 is 9.53 Å². The first kappa shape index (κ1) is 17.9. The first-order valence-electron chi connectivity index (χ1n) is 6.88. The molecule has 1 aromatic heterocycles. The quantitative estimate of drug-likeness (QED) is 0.548.